The fourth-order valence-corrected chi connectivity index (χ4v) is 0.965. The molecule has 0 unspecified atom stereocenters. The van der Waals surface area contributed by atoms with Crippen molar-refractivity contribution < 1.29 is 24.0 Å². The van der Waals surface area contributed by atoms with Crippen molar-refractivity contribution in [1.29, 1.82) is 0 Å². The van der Waals surface area contributed by atoms with Crippen molar-refractivity contribution in [2.24, 2.45) is 0 Å². The van der Waals surface area contributed by atoms with Crippen LogP contribution in [0.3, 0.4) is 0 Å². The van der Waals surface area contributed by atoms with Gasteiger partial charge in [0.15, 0.2) is 0 Å². The Morgan fingerprint density at radius 3 is 2.59 bits per heavy atom. The molecular formula is C12H20NO4+. The first kappa shape index (κ1) is 15.6. The zero-order chi connectivity index (χ0) is 13.5. The topological polar surface area (TPSA) is 58.8 Å². The Hall–Kier alpha value is -1.38. The SMILES string of the molecule is C#CCOC[C@H](CO)[N+](=C)C(=O)OC(C)(C)C. The van der Waals surface area contributed by atoms with Crippen LogP contribution in [0.4, 0.5) is 4.79 Å². The third-order valence-corrected chi connectivity index (χ3v) is 1.78. The summed E-state index contributed by atoms with van der Waals surface area (Å²) in [5.41, 5.74) is -0.604. The lowest BCUT2D eigenvalue weighted by molar-refractivity contribution is -0.491. The maximum Gasteiger partial charge on any atom is 0.596 e. The molecule has 0 aromatic heterocycles. The Balaban J connectivity index is 4.34. The van der Waals surface area contributed by atoms with Crippen LogP contribution in [-0.2, 0) is 9.47 Å². The van der Waals surface area contributed by atoms with Gasteiger partial charge in [-0.1, -0.05) is 5.92 Å². The van der Waals surface area contributed by atoms with E-state index in [9.17, 15) is 4.79 Å². The van der Waals surface area contributed by atoms with Gasteiger partial charge in [0, 0.05) is 0 Å². The smallest absolute Gasteiger partial charge is 0.406 e. The Morgan fingerprint density at radius 1 is 1.59 bits per heavy atom. The van der Waals surface area contributed by atoms with Gasteiger partial charge in [-0.15, -0.1) is 11.0 Å². The van der Waals surface area contributed by atoms with Gasteiger partial charge in [-0.3, -0.25) is 0 Å². The first-order valence-electron chi connectivity index (χ1n) is 5.26. The predicted octanol–water partition coefficient (Wildman–Crippen LogP) is 0.645. The quantitative estimate of drug-likeness (QED) is 0.333. The Morgan fingerprint density at radius 2 is 2.18 bits per heavy atom. The first-order valence-corrected chi connectivity index (χ1v) is 5.26. The molecule has 0 radical (unpaired) electrons. The van der Waals surface area contributed by atoms with Gasteiger partial charge >= 0.3 is 6.09 Å². The molecule has 0 aromatic rings. The van der Waals surface area contributed by atoms with E-state index < -0.39 is 17.7 Å². The summed E-state index contributed by atoms with van der Waals surface area (Å²) in [6, 6.07) is -0.571. The number of nitrogens with zero attached hydrogens (tertiary/aromatic N) is 1. The number of aliphatic hydroxyl groups excluding tert-OH is 1. The molecule has 0 aliphatic carbocycles. The second kappa shape index (κ2) is 7.05. The van der Waals surface area contributed by atoms with E-state index >= 15 is 0 Å². The first-order chi connectivity index (χ1) is 7.81. The predicted molar refractivity (Wildman–Crippen MR) is 64.1 cm³/mol. The van der Waals surface area contributed by atoms with Crippen molar-refractivity contribution in [3.05, 3.63) is 0 Å². The molecule has 0 heterocycles. The van der Waals surface area contributed by atoms with Gasteiger partial charge in [-0.25, -0.2) is 0 Å². The van der Waals surface area contributed by atoms with Crippen LogP contribution >= 0.6 is 0 Å². The highest BCUT2D eigenvalue weighted by Gasteiger charge is 2.31. The molecule has 17 heavy (non-hydrogen) atoms. The van der Waals surface area contributed by atoms with Gasteiger partial charge in [-0.2, -0.15) is 4.79 Å². The van der Waals surface area contributed by atoms with Gasteiger partial charge in [0.25, 0.3) is 0 Å². The molecule has 1 N–H and O–H groups in total. The largest absolute Gasteiger partial charge is 0.596 e. The van der Waals surface area contributed by atoms with Crippen molar-refractivity contribution in [3.63, 3.8) is 0 Å². The van der Waals surface area contributed by atoms with Crippen LogP contribution in [0.5, 0.6) is 0 Å². The number of hydrogen-bond donors (Lipinski definition) is 1. The van der Waals surface area contributed by atoms with Crippen molar-refractivity contribution in [1.82, 2.24) is 0 Å². The summed E-state index contributed by atoms with van der Waals surface area (Å²) in [7, 11) is 0. The monoisotopic (exact) mass is 242 g/mol. The fourth-order valence-electron chi connectivity index (χ4n) is 0.965. The highest BCUT2D eigenvalue weighted by molar-refractivity contribution is 5.60. The average molecular weight is 242 g/mol. The molecule has 0 aromatic carbocycles. The van der Waals surface area contributed by atoms with Crippen LogP contribution in [0.25, 0.3) is 0 Å². The highest BCUT2D eigenvalue weighted by Crippen LogP contribution is 2.08. The third kappa shape index (κ3) is 6.72. The fraction of sp³-hybridized carbons (Fsp3) is 0.667. The molecule has 0 spiro atoms. The minimum absolute atomic E-state index is 0.115. The van der Waals surface area contributed by atoms with Crippen molar-refractivity contribution >= 4 is 12.8 Å². The normalized spacial score (nSPS) is 12.6. The minimum atomic E-state index is -0.610. The number of amides is 1. The lowest BCUT2D eigenvalue weighted by Gasteiger charge is -2.18. The molecule has 0 aliphatic heterocycles. The van der Waals surface area contributed by atoms with Gasteiger partial charge in [0.2, 0.25) is 6.04 Å². The zero-order valence-corrected chi connectivity index (χ0v) is 10.6. The Bertz CT molecular complexity index is 311. The lowest BCUT2D eigenvalue weighted by Crippen LogP contribution is -2.40. The third-order valence-electron chi connectivity index (χ3n) is 1.78. The van der Waals surface area contributed by atoms with Crippen LogP contribution in [0.15, 0.2) is 0 Å². The molecule has 5 nitrogen and oxygen atoms in total. The summed E-state index contributed by atoms with van der Waals surface area (Å²) in [4.78, 5) is 11.6. The van der Waals surface area contributed by atoms with Crippen molar-refractivity contribution in [2.45, 2.75) is 32.4 Å². The lowest BCUT2D eigenvalue weighted by atomic mass is 10.2. The summed E-state index contributed by atoms with van der Waals surface area (Å²) in [6.45, 7) is 8.76. The summed E-state index contributed by atoms with van der Waals surface area (Å²) in [5, 5.41) is 9.12. The van der Waals surface area contributed by atoms with E-state index in [-0.39, 0.29) is 19.8 Å². The van der Waals surface area contributed by atoms with Crippen LogP contribution in [-0.4, -0.2) is 54.0 Å². The Labute approximate surface area is 102 Å². The van der Waals surface area contributed by atoms with Gasteiger partial charge < -0.3 is 14.6 Å². The Kier molecular flexibility index (Phi) is 6.47. The number of rotatable bonds is 5. The van der Waals surface area contributed by atoms with E-state index in [1.807, 2.05) is 0 Å². The molecule has 5 heteroatoms. The van der Waals surface area contributed by atoms with Crippen molar-refractivity contribution in [2.75, 3.05) is 19.8 Å². The van der Waals surface area contributed by atoms with E-state index in [1.54, 1.807) is 20.8 Å². The average Bonchev–Trinajstić information content (AvgIpc) is 2.21. The molecule has 0 saturated carbocycles. The van der Waals surface area contributed by atoms with E-state index in [2.05, 4.69) is 12.6 Å². The minimum Gasteiger partial charge on any atom is -0.406 e. The molecule has 1 amide bonds. The molecule has 0 rings (SSSR count). The summed E-state index contributed by atoms with van der Waals surface area (Å²) in [6.07, 6.45) is 4.41. The zero-order valence-electron chi connectivity index (χ0n) is 10.6. The maximum atomic E-state index is 11.6. The molecule has 96 valence electrons. The van der Waals surface area contributed by atoms with Gasteiger partial charge in [0.05, 0.1) is 0 Å². The summed E-state index contributed by atoms with van der Waals surface area (Å²) >= 11 is 0. The molecule has 0 bridgehead atoms. The highest BCUT2D eigenvalue weighted by atomic mass is 16.6. The number of carbonyl (C=O) groups excluding carboxylic acids is 1. The maximum absolute atomic E-state index is 11.6. The second-order valence-corrected chi connectivity index (χ2v) is 4.51. The van der Waals surface area contributed by atoms with Crippen LogP contribution in [0, 0.1) is 12.3 Å². The number of aliphatic hydroxyl groups is 1. The number of hydrogen-bond acceptors (Lipinski definition) is 4. The summed E-state index contributed by atoms with van der Waals surface area (Å²) in [5.74, 6) is 2.29. The molecular weight excluding hydrogens is 222 g/mol. The van der Waals surface area contributed by atoms with E-state index in [0.29, 0.717) is 0 Å². The van der Waals surface area contributed by atoms with Crippen molar-refractivity contribution in [3.8, 4) is 12.3 Å². The number of terminal acetylenes is 1. The molecule has 1 atom stereocenters. The molecule has 0 aliphatic rings. The molecule has 0 saturated heterocycles. The van der Waals surface area contributed by atoms with Crippen LogP contribution < -0.4 is 0 Å². The van der Waals surface area contributed by atoms with E-state index in [0.717, 1.165) is 4.58 Å². The number of ether oxygens (including phenoxy) is 2. The standard InChI is InChI=1S/C12H20NO4/c1-6-7-16-9-10(8-14)13(5)11(15)17-12(2,3)4/h1,10,14H,5,7-9H2,2-4H3/q+1/t10-/m0/s1. The van der Waals surface area contributed by atoms with Crippen LogP contribution in [0.2, 0.25) is 0 Å². The second-order valence-electron chi connectivity index (χ2n) is 4.51. The van der Waals surface area contributed by atoms with Gasteiger partial charge in [-0.05, 0) is 20.8 Å². The van der Waals surface area contributed by atoms with Gasteiger partial charge in [0.1, 0.15) is 32.1 Å². The molecule has 0 fully saturated rings. The van der Waals surface area contributed by atoms with E-state index in [4.69, 9.17) is 21.0 Å². The number of carbonyl (C=O) groups is 1. The van der Waals surface area contributed by atoms with Crippen LogP contribution in [0.1, 0.15) is 20.8 Å². The summed E-state index contributed by atoms with van der Waals surface area (Å²) < 4.78 is 11.2. The van der Waals surface area contributed by atoms with E-state index in [1.165, 1.54) is 0 Å².